The van der Waals surface area contributed by atoms with Gasteiger partial charge in [0.1, 0.15) is 5.82 Å². The van der Waals surface area contributed by atoms with E-state index in [9.17, 15) is 9.18 Å². The van der Waals surface area contributed by atoms with E-state index in [0.717, 1.165) is 5.56 Å². The summed E-state index contributed by atoms with van der Waals surface area (Å²) in [6.45, 7) is 2.88. The first-order valence-corrected chi connectivity index (χ1v) is 6.45. The van der Waals surface area contributed by atoms with Crippen LogP contribution in [0.5, 0.6) is 0 Å². The number of halogens is 1. The van der Waals surface area contributed by atoms with Gasteiger partial charge in [-0.1, -0.05) is 29.8 Å². The van der Waals surface area contributed by atoms with E-state index in [1.807, 2.05) is 25.1 Å². The predicted molar refractivity (Wildman–Crippen MR) is 77.9 cm³/mol. The summed E-state index contributed by atoms with van der Waals surface area (Å²) in [4.78, 5) is 11.7. The fourth-order valence-corrected chi connectivity index (χ4v) is 1.88. The Morgan fingerprint density at radius 2 is 1.90 bits per heavy atom. The van der Waals surface area contributed by atoms with E-state index in [1.165, 1.54) is 29.8 Å². The van der Waals surface area contributed by atoms with Gasteiger partial charge in [-0.2, -0.15) is 0 Å². The van der Waals surface area contributed by atoms with Crippen LogP contribution in [-0.4, -0.2) is 12.5 Å². The number of aryl methyl sites for hydroxylation is 1. The van der Waals surface area contributed by atoms with Gasteiger partial charge in [-0.15, -0.1) is 0 Å². The van der Waals surface area contributed by atoms with Crippen molar-refractivity contribution in [3.8, 4) is 0 Å². The number of benzene rings is 2. The van der Waals surface area contributed by atoms with E-state index in [0.29, 0.717) is 12.2 Å². The zero-order valence-electron chi connectivity index (χ0n) is 11.3. The molecule has 4 heteroatoms. The van der Waals surface area contributed by atoms with Crippen molar-refractivity contribution in [3.63, 3.8) is 0 Å². The van der Waals surface area contributed by atoms with Crippen LogP contribution in [0.3, 0.4) is 0 Å². The molecule has 0 bridgehead atoms. The minimum absolute atomic E-state index is 0.149. The first-order chi connectivity index (χ1) is 9.63. The Labute approximate surface area is 117 Å². The molecule has 0 saturated heterocycles. The molecule has 1 amide bonds. The third kappa shape index (κ3) is 4.48. The van der Waals surface area contributed by atoms with Gasteiger partial charge in [0.05, 0.1) is 6.54 Å². The van der Waals surface area contributed by atoms with Gasteiger partial charge < -0.3 is 10.6 Å². The second kappa shape index (κ2) is 6.82. The molecule has 0 aliphatic carbocycles. The fourth-order valence-electron chi connectivity index (χ4n) is 1.88. The highest BCUT2D eigenvalue weighted by Gasteiger charge is 2.02. The average Bonchev–Trinajstić information content (AvgIpc) is 2.41. The monoisotopic (exact) mass is 272 g/mol. The van der Waals surface area contributed by atoms with E-state index in [-0.39, 0.29) is 18.3 Å². The highest BCUT2D eigenvalue weighted by Crippen LogP contribution is 2.07. The highest BCUT2D eigenvalue weighted by molar-refractivity contribution is 5.92. The number of anilines is 1. The molecule has 0 saturated carbocycles. The molecule has 0 unspecified atom stereocenters. The Balaban J connectivity index is 1.76. The third-order valence-electron chi connectivity index (χ3n) is 2.83. The predicted octanol–water partition coefficient (Wildman–Crippen LogP) is 2.86. The van der Waals surface area contributed by atoms with Crippen molar-refractivity contribution < 1.29 is 9.18 Å². The molecular weight excluding hydrogens is 255 g/mol. The Bertz CT molecular complexity index is 581. The minimum Gasteiger partial charge on any atom is -0.325 e. The van der Waals surface area contributed by atoms with Crippen molar-refractivity contribution >= 4 is 11.6 Å². The van der Waals surface area contributed by atoms with Crippen molar-refractivity contribution in [2.45, 2.75) is 13.5 Å². The summed E-state index contributed by atoms with van der Waals surface area (Å²) in [5.74, 6) is -0.468. The standard InChI is InChI=1S/C16H17FN2O/c1-12-3-2-4-13(9-12)10-18-11-16(20)19-15-7-5-14(17)6-8-15/h2-9,18H,10-11H2,1H3,(H,19,20). The van der Waals surface area contributed by atoms with Crippen LogP contribution in [0, 0.1) is 12.7 Å². The Hall–Kier alpha value is -2.20. The molecule has 3 nitrogen and oxygen atoms in total. The lowest BCUT2D eigenvalue weighted by atomic mass is 10.1. The van der Waals surface area contributed by atoms with Crippen LogP contribution in [0.4, 0.5) is 10.1 Å². The van der Waals surface area contributed by atoms with Crippen molar-refractivity contribution in [3.05, 3.63) is 65.5 Å². The lowest BCUT2D eigenvalue weighted by Crippen LogP contribution is -2.27. The zero-order chi connectivity index (χ0) is 14.4. The molecule has 0 aromatic heterocycles. The quantitative estimate of drug-likeness (QED) is 0.878. The largest absolute Gasteiger partial charge is 0.325 e. The highest BCUT2D eigenvalue weighted by atomic mass is 19.1. The van der Waals surface area contributed by atoms with Crippen molar-refractivity contribution in [1.29, 1.82) is 0 Å². The first kappa shape index (κ1) is 14.2. The number of rotatable bonds is 5. The molecule has 0 aliphatic heterocycles. The first-order valence-electron chi connectivity index (χ1n) is 6.45. The van der Waals surface area contributed by atoms with E-state index in [2.05, 4.69) is 16.7 Å². The normalized spacial score (nSPS) is 10.3. The maximum Gasteiger partial charge on any atom is 0.238 e. The van der Waals surface area contributed by atoms with Gasteiger partial charge in [-0.3, -0.25) is 4.79 Å². The molecule has 0 spiro atoms. The van der Waals surface area contributed by atoms with Gasteiger partial charge in [-0.25, -0.2) is 4.39 Å². The van der Waals surface area contributed by atoms with Crippen LogP contribution in [0.25, 0.3) is 0 Å². The summed E-state index contributed by atoms with van der Waals surface area (Å²) in [6.07, 6.45) is 0. The van der Waals surface area contributed by atoms with E-state index in [4.69, 9.17) is 0 Å². The lowest BCUT2D eigenvalue weighted by molar-refractivity contribution is -0.115. The minimum atomic E-state index is -0.319. The van der Waals surface area contributed by atoms with Gasteiger partial charge in [0.25, 0.3) is 0 Å². The number of amides is 1. The van der Waals surface area contributed by atoms with Crippen LogP contribution < -0.4 is 10.6 Å². The van der Waals surface area contributed by atoms with E-state index < -0.39 is 0 Å². The molecule has 2 rings (SSSR count). The summed E-state index contributed by atoms with van der Waals surface area (Å²) < 4.78 is 12.7. The van der Waals surface area contributed by atoms with Crippen LogP contribution in [0.2, 0.25) is 0 Å². The average molecular weight is 272 g/mol. The smallest absolute Gasteiger partial charge is 0.238 e. The molecule has 2 aromatic carbocycles. The Morgan fingerprint density at radius 3 is 2.60 bits per heavy atom. The topological polar surface area (TPSA) is 41.1 Å². The van der Waals surface area contributed by atoms with Gasteiger partial charge >= 0.3 is 0 Å². The summed E-state index contributed by atoms with van der Waals surface area (Å²) in [5.41, 5.74) is 2.92. The van der Waals surface area contributed by atoms with Gasteiger partial charge in [0.15, 0.2) is 0 Å². The molecule has 2 N–H and O–H groups in total. The Kier molecular flexibility index (Phi) is 4.85. The van der Waals surface area contributed by atoms with Gasteiger partial charge in [0, 0.05) is 12.2 Å². The summed E-state index contributed by atoms with van der Waals surface area (Å²) in [6, 6.07) is 13.8. The SMILES string of the molecule is Cc1cccc(CNCC(=O)Nc2ccc(F)cc2)c1. The number of nitrogens with one attached hydrogen (secondary N) is 2. The molecule has 0 heterocycles. The molecule has 0 fully saturated rings. The zero-order valence-corrected chi connectivity index (χ0v) is 11.3. The van der Waals surface area contributed by atoms with E-state index in [1.54, 1.807) is 0 Å². The van der Waals surface area contributed by atoms with Crippen molar-refractivity contribution in [2.75, 3.05) is 11.9 Å². The maximum atomic E-state index is 12.7. The molecule has 0 atom stereocenters. The van der Waals surface area contributed by atoms with Gasteiger partial charge in [-0.05, 0) is 36.8 Å². The lowest BCUT2D eigenvalue weighted by Gasteiger charge is -2.07. The number of hydrogen-bond donors (Lipinski definition) is 2. The van der Waals surface area contributed by atoms with Crippen molar-refractivity contribution in [1.82, 2.24) is 5.32 Å². The van der Waals surface area contributed by atoms with E-state index >= 15 is 0 Å². The number of carbonyl (C=O) groups excluding carboxylic acids is 1. The Morgan fingerprint density at radius 1 is 1.15 bits per heavy atom. The number of carbonyl (C=O) groups is 1. The summed E-state index contributed by atoms with van der Waals surface area (Å²) in [7, 11) is 0. The summed E-state index contributed by atoms with van der Waals surface area (Å²) in [5, 5.41) is 5.77. The molecule has 0 radical (unpaired) electrons. The third-order valence-corrected chi connectivity index (χ3v) is 2.83. The fraction of sp³-hybridized carbons (Fsp3) is 0.188. The number of hydrogen-bond acceptors (Lipinski definition) is 2. The molecular formula is C16H17FN2O. The molecule has 20 heavy (non-hydrogen) atoms. The second-order valence-corrected chi connectivity index (χ2v) is 4.65. The van der Waals surface area contributed by atoms with Gasteiger partial charge in [0.2, 0.25) is 5.91 Å². The van der Waals surface area contributed by atoms with Crippen LogP contribution in [-0.2, 0) is 11.3 Å². The van der Waals surface area contributed by atoms with Crippen LogP contribution in [0.1, 0.15) is 11.1 Å². The molecule has 0 aliphatic rings. The van der Waals surface area contributed by atoms with Crippen LogP contribution in [0.15, 0.2) is 48.5 Å². The molecule has 2 aromatic rings. The summed E-state index contributed by atoms with van der Waals surface area (Å²) >= 11 is 0. The van der Waals surface area contributed by atoms with Crippen molar-refractivity contribution in [2.24, 2.45) is 0 Å². The maximum absolute atomic E-state index is 12.7. The second-order valence-electron chi connectivity index (χ2n) is 4.65. The van der Waals surface area contributed by atoms with Crippen LogP contribution >= 0.6 is 0 Å². The molecule has 104 valence electrons.